The summed E-state index contributed by atoms with van der Waals surface area (Å²) in [7, 11) is 6.09. The summed E-state index contributed by atoms with van der Waals surface area (Å²) in [4.78, 5) is 4.91. The van der Waals surface area contributed by atoms with Gasteiger partial charge in [-0.25, -0.2) is 9.13 Å². The van der Waals surface area contributed by atoms with Gasteiger partial charge in [0.2, 0.25) is 5.69 Å². The van der Waals surface area contributed by atoms with Crippen molar-refractivity contribution in [1.82, 2.24) is 4.57 Å². The Bertz CT molecular complexity index is 1690. The highest BCUT2D eigenvalue weighted by molar-refractivity contribution is 6.30. The lowest BCUT2D eigenvalue weighted by atomic mass is 9.77. The summed E-state index contributed by atoms with van der Waals surface area (Å²) in [5.41, 5.74) is 8.33. The molecule has 1 aromatic heterocycles. The van der Waals surface area contributed by atoms with Crippen LogP contribution in [0.2, 0.25) is 5.02 Å². The van der Waals surface area contributed by atoms with E-state index < -0.39 is 0 Å². The number of nitrogens with zero attached hydrogens (tertiary/aromatic N) is 7. The van der Waals surface area contributed by atoms with E-state index in [-0.39, 0.29) is 5.41 Å². The summed E-state index contributed by atoms with van der Waals surface area (Å²) in [5, 5.41) is 9.62. The maximum absolute atomic E-state index is 6.37. The number of hydrogen-bond acceptors (Lipinski definition) is 4. The molecule has 1 saturated heterocycles. The molecule has 2 aliphatic heterocycles. The summed E-state index contributed by atoms with van der Waals surface area (Å²) >= 11 is 6.37. The van der Waals surface area contributed by atoms with Gasteiger partial charge in [-0.2, -0.15) is 4.58 Å². The number of aryl methyl sites for hydroxylation is 2. The zero-order chi connectivity index (χ0) is 30.1. The van der Waals surface area contributed by atoms with Crippen molar-refractivity contribution >= 4 is 52.1 Å². The first-order valence-corrected chi connectivity index (χ1v) is 15.4. The van der Waals surface area contributed by atoms with Gasteiger partial charge < -0.3 is 9.80 Å². The average molecular weight is 594 g/mol. The first kappa shape index (κ1) is 28.9. The van der Waals surface area contributed by atoms with Crippen LogP contribution >= 0.6 is 11.6 Å². The Balaban J connectivity index is 1.07. The molecule has 1 fully saturated rings. The standard InChI is InChI=1S/C35H40ClN7/c1-6-35(2)31-25-27(36)10-17-32(31)41(5)33(35)18-9-26-7-13-29(14-8-26)42-21-23-43(24-22-42)30-15-11-28(12-16-30)37-38-34-39(3)19-20-40(34)4/h7-20,25H,6,21-24H2,1-5H3/q+2. The second kappa shape index (κ2) is 11.8. The van der Waals surface area contributed by atoms with Crippen LogP contribution in [0.1, 0.15) is 31.4 Å². The van der Waals surface area contributed by atoms with Crippen LogP contribution in [0.4, 0.5) is 28.7 Å². The molecule has 0 radical (unpaired) electrons. The second-order valence-electron chi connectivity index (χ2n) is 11.7. The van der Waals surface area contributed by atoms with E-state index in [1.807, 2.05) is 53.8 Å². The van der Waals surface area contributed by atoms with E-state index in [1.54, 1.807) is 0 Å². The van der Waals surface area contributed by atoms with Gasteiger partial charge in [-0.1, -0.05) is 35.8 Å². The van der Waals surface area contributed by atoms with E-state index in [2.05, 4.69) is 106 Å². The van der Waals surface area contributed by atoms with Gasteiger partial charge in [0.05, 0.1) is 31.9 Å². The van der Waals surface area contributed by atoms with Crippen LogP contribution in [0.5, 0.6) is 0 Å². The van der Waals surface area contributed by atoms with Crippen molar-refractivity contribution in [2.24, 2.45) is 24.3 Å². The highest BCUT2D eigenvalue weighted by Gasteiger charge is 2.45. The fourth-order valence-electron chi connectivity index (χ4n) is 6.30. The molecule has 2 aliphatic rings. The lowest BCUT2D eigenvalue weighted by molar-refractivity contribution is -0.657. The van der Waals surface area contributed by atoms with Crippen LogP contribution in [0.25, 0.3) is 6.08 Å². The molecule has 4 aromatic rings. The van der Waals surface area contributed by atoms with Crippen LogP contribution in [-0.4, -0.2) is 48.1 Å². The molecule has 0 N–H and O–H groups in total. The van der Waals surface area contributed by atoms with Gasteiger partial charge in [0.25, 0.3) is 0 Å². The summed E-state index contributed by atoms with van der Waals surface area (Å²) in [6.07, 6.45) is 9.46. The van der Waals surface area contributed by atoms with Crippen molar-refractivity contribution in [2.75, 3.05) is 43.0 Å². The molecule has 6 rings (SSSR count). The first-order chi connectivity index (χ1) is 20.8. The minimum atomic E-state index is -0.0597. The molecule has 0 bridgehead atoms. The maximum atomic E-state index is 6.37. The molecule has 0 saturated carbocycles. The van der Waals surface area contributed by atoms with Crippen LogP contribution < -0.4 is 14.4 Å². The number of imidazole rings is 1. The molecule has 0 spiro atoms. The molecule has 1 unspecified atom stereocenters. The molecule has 0 aliphatic carbocycles. The van der Waals surface area contributed by atoms with Crippen LogP contribution in [-0.2, 0) is 19.5 Å². The summed E-state index contributed by atoms with van der Waals surface area (Å²) in [6, 6.07) is 23.6. The zero-order valence-electron chi connectivity index (χ0n) is 25.7. The van der Waals surface area contributed by atoms with Crippen molar-refractivity contribution in [3.05, 3.63) is 101 Å². The van der Waals surface area contributed by atoms with E-state index >= 15 is 0 Å². The highest BCUT2D eigenvalue weighted by atomic mass is 35.5. The average Bonchev–Trinajstić information content (AvgIpc) is 3.46. The molecule has 8 heteroatoms. The van der Waals surface area contributed by atoms with Crippen molar-refractivity contribution in [2.45, 2.75) is 25.7 Å². The van der Waals surface area contributed by atoms with Crippen molar-refractivity contribution in [3.8, 4) is 0 Å². The SMILES string of the molecule is CCC1(C)C(/C=C/c2ccc(N3CCN(c4ccc(N=Nc5n(C)cc[n+]5C)cc4)CC3)cc2)=[N+](C)c2ccc(Cl)cc21. The third-order valence-electron chi connectivity index (χ3n) is 9.13. The Morgan fingerprint density at radius 2 is 1.49 bits per heavy atom. The van der Waals surface area contributed by atoms with E-state index in [9.17, 15) is 0 Å². The monoisotopic (exact) mass is 593 g/mol. The number of aromatic nitrogens is 2. The second-order valence-corrected chi connectivity index (χ2v) is 12.2. The van der Waals surface area contributed by atoms with E-state index in [0.717, 1.165) is 49.3 Å². The third kappa shape index (κ3) is 5.62. The Kier molecular flexibility index (Phi) is 7.93. The van der Waals surface area contributed by atoms with Gasteiger partial charge in [0.1, 0.15) is 12.7 Å². The number of piperazine rings is 1. The number of allylic oxidation sites excluding steroid dienone is 1. The molecule has 3 heterocycles. The highest BCUT2D eigenvalue weighted by Crippen LogP contribution is 2.43. The Labute approximate surface area is 259 Å². The summed E-state index contributed by atoms with van der Waals surface area (Å²) in [5.74, 6) is 0.806. The lowest BCUT2D eigenvalue weighted by Crippen LogP contribution is -2.46. The summed E-state index contributed by atoms with van der Waals surface area (Å²) in [6.45, 7) is 8.50. The molecular weight excluding hydrogens is 554 g/mol. The number of fused-ring (bicyclic) bond motifs is 1. The molecule has 1 atom stereocenters. The Hall–Kier alpha value is -4.23. The van der Waals surface area contributed by atoms with Crippen molar-refractivity contribution < 1.29 is 9.14 Å². The first-order valence-electron chi connectivity index (χ1n) is 15.0. The van der Waals surface area contributed by atoms with Gasteiger partial charge in [0, 0.05) is 65.4 Å². The topological polar surface area (TPSA) is 43.0 Å². The van der Waals surface area contributed by atoms with Crippen LogP contribution in [0.15, 0.2) is 95.4 Å². The van der Waals surface area contributed by atoms with Crippen molar-refractivity contribution in [3.63, 3.8) is 0 Å². The number of halogens is 1. The fourth-order valence-corrected chi connectivity index (χ4v) is 6.47. The lowest BCUT2D eigenvalue weighted by Gasteiger charge is -2.37. The normalized spacial score (nSPS) is 18.8. The predicted molar refractivity (Wildman–Crippen MR) is 177 cm³/mol. The molecule has 220 valence electrons. The van der Waals surface area contributed by atoms with Crippen molar-refractivity contribution in [1.29, 1.82) is 0 Å². The minimum Gasteiger partial charge on any atom is -0.368 e. The van der Waals surface area contributed by atoms with Gasteiger partial charge in [-0.3, -0.25) is 0 Å². The molecule has 43 heavy (non-hydrogen) atoms. The minimum absolute atomic E-state index is 0.0597. The third-order valence-corrected chi connectivity index (χ3v) is 9.37. The van der Waals surface area contributed by atoms with Gasteiger partial charge in [-0.15, -0.1) is 0 Å². The number of rotatable bonds is 7. The number of azo groups is 1. The van der Waals surface area contributed by atoms with Crippen LogP contribution in [0, 0.1) is 0 Å². The van der Waals surface area contributed by atoms with Gasteiger partial charge >= 0.3 is 5.95 Å². The van der Waals surface area contributed by atoms with Crippen LogP contribution in [0.3, 0.4) is 0 Å². The zero-order valence-corrected chi connectivity index (χ0v) is 26.5. The van der Waals surface area contributed by atoms with E-state index in [0.29, 0.717) is 0 Å². The van der Waals surface area contributed by atoms with Gasteiger partial charge in [0.15, 0.2) is 5.71 Å². The maximum Gasteiger partial charge on any atom is 0.421 e. The predicted octanol–water partition coefficient (Wildman–Crippen LogP) is 7.35. The Morgan fingerprint density at radius 3 is 2.07 bits per heavy atom. The van der Waals surface area contributed by atoms with E-state index in [1.165, 1.54) is 33.9 Å². The van der Waals surface area contributed by atoms with Gasteiger partial charge in [-0.05, 0) is 73.5 Å². The fraction of sp³-hybridized carbons (Fsp3) is 0.314. The number of anilines is 2. The molecule has 7 nitrogen and oxygen atoms in total. The van der Waals surface area contributed by atoms with E-state index in [4.69, 9.17) is 11.6 Å². The number of benzene rings is 3. The molecule has 0 amide bonds. The number of hydrogen-bond donors (Lipinski definition) is 0. The largest absolute Gasteiger partial charge is 0.421 e. The molecule has 3 aromatic carbocycles. The Morgan fingerprint density at radius 1 is 0.860 bits per heavy atom. The summed E-state index contributed by atoms with van der Waals surface area (Å²) < 4.78 is 6.21. The molecular formula is C35H40ClN7+2. The quantitative estimate of drug-likeness (QED) is 0.166. The smallest absolute Gasteiger partial charge is 0.368 e.